The van der Waals surface area contributed by atoms with E-state index in [4.69, 9.17) is 4.74 Å². The summed E-state index contributed by atoms with van der Waals surface area (Å²) >= 11 is 3.34. The van der Waals surface area contributed by atoms with Crippen LogP contribution in [0.5, 0.6) is 5.75 Å². The fourth-order valence-corrected chi connectivity index (χ4v) is 1.89. The zero-order valence-electron chi connectivity index (χ0n) is 10.9. The van der Waals surface area contributed by atoms with Gasteiger partial charge in [0.1, 0.15) is 11.6 Å². The molecule has 0 aliphatic heterocycles. The lowest BCUT2D eigenvalue weighted by Crippen LogP contribution is -2.24. The van der Waals surface area contributed by atoms with Crippen molar-refractivity contribution in [1.82, 2.24) is 5.43 Å². The van der Waals surface area contributed by atoms with E-state index in [0.29, 0.717) is 5.75 Å². The van der Waals surface area contributed by atoms with Gasteiger partial charge in [0, 0.05) is 4.47 Å². The highest BCUT2D eigenvalue weighted by Crippen LogP contribution is 2.11. The number of nitrogens with zero attached hydrogens (tertiary/aromatic N) is 1. The molecule has 108 valence electrons. The number of carbonyl (C=O) groups is 1. The molecular weight excluding hydrogens is 339 g/mol. The van der Waals surface area contributed by atoms with Crippen molar-refractivity contribution in [3.63, 3.8) is 0 Å². The Hall–Kier alpha value is -2.21. The van der Waals surface area contributed by atoms with Crippen LogP contribution in [0.4, 0.5) is 4.39 Å². The van der Waals surface area contributed by atoms with E-state index in [9.17, 15) is 9.18 Å². The molecule has 6 heteroatoms. The van der Waals surface area contributed by atoms with Crippen molar-refractivity contribution in [2.24, 2.45) is 5.10 Å². The zero-order valence-corrected chi connectivity index (χ0v) is 12.5. The first-order valence-electron chi connectivity index (χ1n) is 6.09. The zero-order chi connectivity index (χ0) is 15.1. The number of rotatable bonds is 5. The number of hydrazone groups is 1. The Morgan fingerprint density at radius 1 is 1.29 bits per heavy atom. The van der Waals surface area contributed by atoms with E-state index >= 15 is 0 Å². The SMILES string of the molecule is O=C(COc1ccc(F)cc1)NN=Cc1cccc(Br)c1. The average molecular weight is 351 g/mol. The highest BCUT2D eigenvalue weighted by atomic mass is 79.9. The number of hydrogen-bond donors (Lipinski definition) is 1. The van der Waals surface area contributed by atoms with E-state index in [0.717, 1.165) is 10.0 Å². The van der Waals surface area contributed by atoms with Gasteiger partial charge in [-0.1, -0.05) is 28.1 Å². The average Bonchev–Trinajstić information content (AvgIpc) is 2.47. The largest absolute Gasteiger partial charge is 0.484 e. The summed E-state index contributed by atoms with van der Waals surface area (Å²) in [5, 5.41) is 3.82. The van der Waals surface area contributed by atoms with Gasteiger partial charge < -0.3 is 4.74 Å². The van der Waals surface area contributed by atoms with Crippen molar-refractivity contribution in [3.05, 3.63) is 64.4 Å². The molecule has 0 saturated carbocycles. The fourth-order valence-electron chi connectivity index (χ4n) is 1.48. The second kappa shape index (κ2) is 7.54. The summed E-state index contributed by atoms with van der Waals surface area (Å²) in [7, 11) is 0. The lowest BCUT2D eigenvalue weighted by Gasteiger charge is -2.04. The lowest BCUT2D eigenvalue weighted by atomic mass is 10.2. The van der Waals surface area contributed by atoms with Gasteiger partial charge in [-0.15, -0.1) is 0 Å². The normalized spacial score (nSPS) is 10.6. The first kappa shape index (κ1) is 15.2. The van der Waals surface area contributed by atoms with Gasteiger partial charge in [-0.3, -0.25) is 4.79 Å². The Kier molecular flexibility index (Phi) is 5.45. The molecule has 1 amide bonds. The molecule has 0 unspecified atom stereocenters. The molecule has 0 spiro atoms. The van der Waals surface area contributed by atoms with Gasteiger partial charge in [0.2, 0.25) is 0 Å². The smallest absolute Gasteiger partial charge is 0.277 e. The Bertz CT molecular complexity index is 644. The molecule has 0 heterocycles. The van der Waals surface area contributed by atoms with Crippen LogP contribution in [0.1, 0.15) is 5.56 Å². The predicted octanol–water partition coefficient (Wildman–Crippen LogP) is 3.12. The van der Waals surface area contributed by atoms with Gasteiger partial charge >= 0.3 is 0 Å². The topological polar surface area (TPSA) is 50.7 Å². The molecule has 0 atom stereocenters. The van der Waals surface area contributed by atoms with E-state index in [1.54, 1.807) is 0 Å². The van der Waals surface area contributed by atoms with Crippen LogP contribution < -0.4 is 10.2 Å². The number of benzene rings is 2. The van der Waals surface area contributed by atoms with Gasteiger partial charge in [0.15, 0.2) is 6.61 Å². The molecule has 2 aromatic carbocycles. The Morgan fingerprint density at radius 2 is 2.05 bits per heavy atom. The molecule has 2 rings (SSSR count). The summed E-state index contributed by atoms with van der Waals surface area (Å²) in [6.07, 6.45) is 1.53. The molecule has 21 heavy (non-hydrogen) atoms. The number of carbonyl (C=O) groups excluding carboxylic acids is 1. The number of hydrogen-bond acceptors (Lipinski definition) is 3. The van der Waals surface area contributed by atoms with Crippen LogP contribution in [-0.4, -0.2) is 18.7 Å². The standard InChI is InChI=1S/C15H12BrFN2O2/c16-12-3-1-2-11(8-12)9-18-19-15(20)10-21-14-6-4-13(17)5-7-14/h1-9H,10H2,(H,19,20). The highest BCUT2D eigenvalue weighted by molar-refractivity contribution is 9.10. The first-order chi connectivity index (χ1) is 10.1. The summed E-state index contributed by atoms with van der Waals surface area (Å²) in [4.78, 5) is 11.5. The van der Waals surface area contributed by atoms with Crippen LogP contribution in [0, 0.1) is 5.82 Å². The van der Waals surface area contributed by atoms with Crippen LogP contribution in [0.2, 0.25) is 0 Å². The van der Waals surface area contributed by atoms with E-state index in [-0.39, 0.29) is 12.4 Å². The van der Waals surface area contributed by atoms with E-state index in [2.05, 4.69) is 26.5 Å². The third-order valence-electron chi connectivity index (χ3n) is 2.44. The second-order valence-corrected chi connectivity index (χ2v) is 5.01. The summed E-state index contributed by atoms with van der Waals surface area (Å²) in [6.45, 7) is -0.193. The molecule has 0 aliphatic carbocycles. The molecule has 1 N–H and O–H groups in total. The van der Waals surface area contributed by atoms with Crippen molar-refractivity contribution in [2.45, 2.75) is 0 Å². The predicted molar refractivity (Wildman–Crippen MR) is 81.8 cm³/mol. The molecule has 0 aliphatic rings. The molecule has 0 bridgehead atoms. The maximum atomic E-state index is 12.7. The Balaban J connectivity index is 1.78. The van der Waals surface area contributed by atoms with Crippen LogP contribution in [0.15, 0.2) is 58.1 Å². The summed E-state index contributed by atoms with van der Waals surface area (Å²) in [5.41, 5.74) is 3.20. The van der Waals surface area contributed by atoms with E-state index in [1.165, 1.54) is 30.5 Å². The first-order valence-corrected chi connectivity index (χ1v) is 6.88. The Morgan fingerprint density at radius 3 is 2.76 bits per heavy atom. The number of nitrogens with one attached hydrogen (secondary N) is 1. The van der Waals surface area contributed by atoms with Crippen LogP contribution in [-0.2, 0) is 4.79 Å². The van der Waals surface area contributed by atoms with Crippen LogP contribution in [0.25, 0.3) is 0 Å². The van der Waals surface area contributed by atoms with Gasteiger partial charge in [0.25, 0.3) is 5.91 Å². The van der Waals surface area contributed by atoms with Crippen molar-refractivity contribution in [1.29, 1.82) is 0 Å². The highest BCUT2D eigenvalue weighted by Gasteiger charge is 2.01. The molecule has 0 saturated heterocycles. The molecule has 2 aromatic rings. The second-order valence-electron chi connectivity index (χ2n) is 4.09. The van der Waals surface area contributed by atoms with Crippen molar-refractivity contribution < 1.29 is 13.9 Å². The number of halogens is 2. The van der Waals surface area contributed by atoms with Gasteiger partial charge in [-0.2, -0.15) is 5.10 Å². The molecular formula is C15H12BrFN2O2. The maximum absolute atomic E-state index is 12.7. The molecule has 0 radical (unpaired) electrons. The minimum absolute atomic E-state index is 0.193. The van der Waals surface area contributed by atoms with Gasteiger partial charge in [-0.25, -0.2) is 9.82 Å². The maximum Gasteiger partial charge on any atom is 0.277 e. The monoisotopic (exact) mass is 350 g/mol. The third-order valence-corrected chi connectivity index (χ3v) is 2.93. The number of ether oxygens (including phenoxy) is 1. The summed E-state index contributed by atoms with van der Waals surface area (Å²) in [5.74, 6) is -0.335. The summed E-state index contributed by atoms with van der Waals surface area (Å²) in [6, 6.07) is 12.9. The van der Waals surface area contributed by atoms with Gasteiger partial charge in [0.05, 0.1) is 6.21 Å². The minimum atomic E-state index is -0.398. The summed E-state index contributed by atoms with van der Waals surface area (Å²) < 4.78 is 18.8. The van der Waals surface area contributed by atoms with E-state index in [1.807, 2.05) is 24.3 Å². The van der Waals surface area contributed by atoms with Crippen LogP contribution >= 0.6 is 15.9 Å². The molecule has 4 nitrogen and oxygen atoms in total. The van der Waals surface area contributed by atoms with Crippen molar-refractivity contribution in [2.75, 3.05) is 6.61 Å². The van der Waals surface area contributed by atoms with Gasteiger partial charge in [-0.05, 0) is 42.0 Å². The minimum Gasteiger partial charge on any atom is -0.484 e. The van der Waals surface area contributed by atoms with E-state index < -0.39 is 5.91 Å². The molecule has 0 fully saturated rings. The third kappa shape index (κ3) is 5.35. The quantitative estimate of drug-likeness (QED) is 0.665. The van der Waals surface area contributed by atoms with Crippen LogP contribution in [0.3, 0.4) is 0 Å². The number of amides is 1. The van der Waals surface area contributed by atoms with Crippen molar-refractivity contribution >= 4 is 28.1 Å². The fraction of sp³-hybridized carbons (Fsp3) is 0.0667. The Labute approximate surface area is 129 Å². The van der Waals surface area contributed by atoms with Crippen molar-refractivity contribution in [3.8, 4) is 5.75 Å². The lowest BCUT2D eigenvalue weighted by molar-refractivity contribution is -0.123. The molecule has 0 aromatic heterocycles.